The first kappa shape index (κ1) is 23.9. The van der Waals surface area contributed by atoms with Gasteiger partial charge in [-0.25, -0.2) is 4.79 Å². The van der Waals surface area contributed by atoms with Crippen molar-refractivity contribution in [2.45, 2.75) is 25.7 Å². The molecular weight excluding hydrogens is 446 g/mol. The summed E-state index contributed by atoms with van der Waals surface area (Å²) in [6, 6.07) is 19.5. The van der Waals surface area contributed by atoms with Gasteiger partial charge in [-0.05, 0) is 40.8 Å². The number of nitrogens with zero attached hydrogens (tertiary/aromatic N) is 1. The fraction of sp³-hybridized carbons (Fsp3) is 0.259. The molecule has 0 aliphatic heterocycles. The smallest absolute Gasteiger partial charge is 0.411 e. The summed E-state index contributed by atoms with van der Waals surface area (Å²) in [4.78, 5) is 39.7. The fourth-order valence-corrected chi connectivity index (χ4v) is 4.23. The number of nitrogens with one attached hydrogen (secondary N) is 2. The van der Waals surface area contributed by atoms with Crippen molar-refractivity contribution >= 4 is 23.7 Å². The maximum absolute atomic E-state index is 12.4. The number of carbonyl (C=O) groups is 3. The van der Waals surface area contributed by atoms with Crippen molar-refractivity contribution in [1.29, 1.82) is 0 Å². The average Bonchev–Trinajstić information content (AvgIpc) is 3.18. The maximum atomic E-state index is 12.4. The van der Waals surface area contributed by atoms with Crippen molar-refractivity contribution in [3.8, 4) is 11.1 Å². The molecule has 1 heterocycles. The van der Waals surface area contributed by atoms with Crippen LogP contribution in [0.3, 0.4) is 0 Å². The highest BCUT2D eigenvalue weighted by Crippen LogP contribution is 2.44. The number of benzene rings is 2. The minimum absolute atomic E-state index is 0.0152. The molecule has 2 aromatic carbocycles. The van der Waals surface area contributed by atoms with Gasteiger partial charge in [0.25, 0.3) is 0 Å². The summed E-state index contributed by atoms with van der Waals surface area (Å²) in [5.74, 6) is -1.89. The molecule has 4 rings (SSSR count). The molecule has 0 spiro atoms. The number of aromatic nitrogens is 1. The summed E-state index contributed by atoms with van der Waals surface area (Å²) >= 11 is 0. The molecule has 1 aliphatic carbocycles. The molecule has 0 saturated heterocycles. The Morgan fingerprint density at radius 2 is 1.66 bits per heavy atom. The summed E-state index contributed by atoms with van der Waals surface area (Å²) in [6.07, 6.45) is 1.32. The predicted octanol–water partition coefficient (Wildman–Crippen LogP) is 4.21. The SMILES string of the molecule is CCC(CNC(=O)Cc1ccc(NC(=O)OCC2c3ccccc3-c3ccccc32)cn1)C(=O)O. The molecular formula is C27H27N3O5. The lowest BCUT2D eigenvalue weighted by atomic mass is 9.98. The molecule has 3 aromatic rings. The van der Waals surface area contributed by atoms with Gasteiger partial charge >= 0.3 is 12.1 Å². The third-order valence-electron chi connectivity index (χ3n) is 6.14. The average molecular weight is 474 g/mol. The Morgan fingerprint density at radius 3 is 2.23 bits per heavy atom. The Labute approximate surface area is 203 Å². The van der Waals surface area contributed by atoms with Crippen molar-refractivity contribution in [1.82, 2.24) is 10.3 Å². The number of fused-ring (bicyclic) bond motifs is 3. The van der Waals surface area contributed by atoms with Crippen LogP contribution >= 0.6 is 0 Å². The number of anilines is 1. The summed E-state index contributed by atoms with van der Waals surface area (Å²) in [6.45, 7) is 2.04. The van der Waals surface area contributed by atoms with E-state index in [1.807, 2.05) is 24.3 Å². The number of ether oxygens (including phenoxy) is 1. The van der Waals surface area contributed by atoms with E-state index in [0.29, 0.717) is 17.8 Å². The zero-order chi connectivity index (χ0) is 24.8. The van der Waals surface area contributed by atoms with E-state index in [9.17, 15) is 14.4 Å². The number of carboxylic acids is 1. The molecule has 0 radical (unpaired) electrons. The Bertz CT molecular complexity index is 1180. The predicted molar refractivity (Wildman–Crippen MR) is 131 cm³/mol. The van der Waals surface area contributed by atoms with E-state index >= 15 is 0 Å². The van der Waals surface area contributed by atoms with E-state index < -0.39 is 18.0 Å². The van der Waals surface area contributed by atoms with Gasteiger partial charge in [0.2, 0.25) is 5.91 Å². The molecule has 0 fully saturated rings. The molecule has 8 heteroatoms. The molecule has 35 heavy (non-hydrogen) atoms. The van der Waals surface area contributed by atoms with Crippen LogP contribution in [0.4, 0.5) is 10.5 Å². The van der Waals surface area contributed by atoms with Gasteiger partial charge in [-0.15, -0.1) is 0 Å². The third kappa shape index (κ3) is 5.66. The Morgan fingerprint density at radius 1 is 1.00 bits per heavy atom. The van der Waals surface area contributed by atoms with E-state index in [0.717, 1.165) is 22.3 Å². The lowest BCUT2D eigenvalue weighted by Gasteiger charge is -2.14. The monoisotopic (exact) mass is 473 g/mol. The van der Waals surface area contributed by atoms with E-state index in [-0.39, 0.29) is 31.4 Å². The highest BCUT2D eigenvalue weighted by Gasteiger charge is 2.29. The normalized spacial score (nSPS) is 12.8. The lowest BCUT2D eigenvalue weighted by molar-refractivity contribution is -0.141. The Hall–Kier alpha value is -4.20. The first-order chi connectivity index (χ1) is 17.0. The summed E-state index contributed by atoms with van der Waals surface area (Å²) < 4.78 is 5.53. The first-order valence-electron chi connectivity index (χ1n) is 11.5. The van der Waals surface area contributed by atoms with Crippen LogP contribution in [0, 0.1) is 5.92 Å². The van der Waals surface area contributed by atoms with Crippen LogP contribution in [0.25, 0.3) is 11.1 Å². The van der Waals surface area contributed by atoms with Crippen LogP contribution in [0.5, 0.6) is 0 Å². The van der Waals surface area contributed by atoms with Gasteiger partial charge in [0.1, 0.15) is 6.61 Å². The number of hydrogen-bond acceptors (Lipinski definition) is 5. The van der Waals surface area contributed by atoms with Gasteiger partial charge in [0.05, 0.1) is 24.2 Å². The molecule has 0 bridgehead atoms. The molecule has 0 saturated carbocycles. The van der Waals surface area contributed by atoms with Crippen molar-refractivity contribution in [3.05, 3.63) is 83.7 Å². The number of pyridine rings is 1. The highest BCUT2D eigenvalue weighted by molar-refractivity contribution is 5.85. The molecule has 1 aromatic heterocycles. The number of hydrogen-bond donors (Lipinski definition) is 3. The van der Waals surface area contributed by atoms with Crippen LogP contribution < -0.4 is 10.6 Å². The van der Waals surface area contributed by atoms with Gasteiger partial charge in [0.15, 0.2) is 0 Å². The third-order valence-corrected chi connectivity index (χ3v) is 6.14. The second-order valence-electron chi connectivity index (χ2n) is 8.41. The van der Waals surface area contributed by atoms with Crippen LogP contribution in [0.1, 0.15) is 36.1 Å². The highest BCUT2D eigenvalue weighted by atomic mass is 16.5. The number of rotatable bonds is 9. The number of amides is 2. The molecule has 8 nitrogen and oxygen atoms in total. The first-order valence-corrected chi connectivity index (χ1v) is 11.5. The maximum Gasteiger partial charge on any atom is 0.411 e. The van der Waals surface area contributed by atoms with Gasteiger partial charge in [-0.1, -0.05) is 55.5 Å². The second-order valence-corrected chi connectivity index (χ2v) is 8.41. The van der Waals surface area contributed by atoms with E-state index in [1.165, 1.54) is 6.20 Å². The van der Waals surface area contributed by atoms with E-state index in [2.05, 4.69) is 39.9 Å². The van der Waals surface area contributed by atoms with Gasteiger partial charge in [-0.3, -0.25) is 19.9 Å². The van der Waals surface area contributed by atoms with Crippen LogP contribution in [-0.4, -0.2) is 41.2 Å². The minimum atomic E-state index is -0.936. The van der Waals surface area contributed by atoms with Crippen LogP contribution in [-0.2, 0) is 20.7 Å². The zero-order valence-corrected chi connectivity index (χ0v) is 19.4. The Kier molecular flexibility index (Phi) is 7.40. The topological polar surface area (TPSA) is 118 Å². The van der Waals surface area contributed by atoms with Crippen molar-refractivity contribution < 1.29 is 24.2 Å². The molecule has 1 aliphatic rings. The van der Waals surface area contributed by atoms with Crippen molar-refractivity contribution in [2.24, 2.45) is 5.92 Å². The number of carbonyl (C=O) groups excluding carboxylic acids is 2. The van der Waals surface area contributed by atoms with Crippen LogP contribution in [0.15, 0.2) is 66.9 Å². The quantitative estimate of drug-likeness (QED) is 0.429. The lowest BCUT2D eigenvalue weighted by Crippen LogP contribution is -2.33. The fourth-order valence-electron chi connectivity index (χ4n) is 4.23. The second kappa shape index (κ2) is 10.8. The number of aliphatic carboxylic acids is 1. The van der Waals surface area contributed by atoms with Gasteiger partial charge in [-0.2, -0.15) is 0 Å². The molecule has 1 atom stereocenters. The number of carboxylic acid groups (broad SMARTS) is 1. The largest absolute Gasteiger partial charge is 0.481 e. The van der Waals surface area contributed by atoms with Crippen LogP contribution in [0.2, 0.25) is 0 Å². The molecule has 2 amide bonds. The minimum Gasteiger partial charge on any atom is -0.481 e. The molecule has 180 valence electrons. The van der Waals surface area contributed by atoms with E-state index in [4.69, 9.17) is 9.84 Å². The van der Waals surface area contributed by atoms with Crippen molar-refractivity contribution in [3.63, 3.8) is 0 Å². The Balaban J connectivity index is 1.29. The summed E-state index contributed by atoms with van der Waals surface area (Å²) in [5, 5.41) is 14.3. The molecule has 1 unspecified atom stereocenters. The van der Waals surface area contributed by atoms with Gasteiger partial charge < -0.3 is 15.2 Å². The summed E-state index contributed by atoms with van der Waals surface area (Å²) in [7, 11) is 0. The van der Waals surface area contributed by atoms with Crippen molar-refractivity contribution in [2.75, 3.05) is 18.5 Å². The zero-order valence-electron chi connectivity index (χ0n) is 19.4. The van der Waals surface area contributed by atoms with Gasteiger partial charge in [0, 0.05) is 18.2 Å². The summed E-state index contributed by atoms with van der Waals surface area (Å²) in [5.41, 5.74) is 5.55. The van der Waals surface area contributed by atoms with E-state index in [1.54, 1.807) is 19.1 Å². The molecule has 3 N–H and O–H groups in total. The standard InChI is InChI=1S/C27H27N3O5/c1-2-17(26(32)33)14-29-25(31)13-18-11-12-19(15-28-18)30-27(34)35-16-24-22-9-5-3-7-20(22)21-8-4-6-10-23(21)24/h3-12,15,17,24H,2,13-14,16H2,1H3,(H,29,31)(H,30,34)(H,32,33).